The molecule has 1 atom stereocenters. The number of ether oxygens (including phenoxy) is 1. The first-order valence-corrected chi connectivity index (χ1v) is 14.2. The number of amides is 1. The summed E-state index contributed by atoms with van der Waals surface area (Å²) in [7, 11) is 2.12. The molecule has 3 aromatic rings. The van der Waals surface area contributed by atoms with Crippen LogP contribution < -0.4 is 15.0 Å². The number of rotatable bonds is 7. The number of anilines is 2. The van der Waals surface area contributed by atoms with E-state index in [9.17, 15) is 10.1 Å². The molecule has 1 N–H and O–H groups in total. The van der Waals surface area contributed by atoms with Crippen molar-refractivity contribution in [1.82, 2.24) is 14.8 Å². The zero-order chi connectivity index (χ0) is 27.8. The number of nitrogens with zero attached hydrogens (tertiary/aromatic N) is 5. The number of nitrogens with one attached hydrogen (secondary N) is 1. The molecule has 0 unspecified atom stereocenters. The minimum atomic E-state index is -0.0685. The molecule has 214 valence electrons. The summed E-state index contributed by atoms with van der Waals surface area (Å²) in [6.07, 6.45) is 4.34. The second kappa shape index (κ2) is 11.8. The average Bonchev–Trinajstić information content (AvgIpc) is 3.36. The molecule has 6 rings (SSSR count). The lowest BCUT2D eigenvalue weighted by Crippen LogP contribution is -2.56. The number of benzene rings is 2. The minimum Gasteiger partial charge on any atom is -0.475 e. The Bertz CT molecular complexity index is 1500. The largest absolute Gasteiger partial charge is 0.475 e. The molecule has 8 heteroatoms. The van der Waals surface area contributed by atoms with Gasteiger partial charge in [-0.05, 0) is 62.9 Å². The van der Waals surface area contributed by atoms with Gasteiger partial charge in [0.25, 0.3) is 0 Å². The van der Waals surface area contributed by atoms with E-state index in [1.165, 1.54) is 28.1 Å². The van der Waals surface area contributed by atoms with Gasteiger partial charge in [-0.3, -0.25) is 4.79 Å². The molecule has 0 spiro atoms. The number of aryl methyl sites for hydroxylation is 1. The van der Waals surface area contributed by atoms with E-state index < -0.39 is 0 Å². The average molecular weight is 553 g/mol. The monoisotopic (exact) mass is 552 g/mol. The summed E-state index contributed by atoms with van der Waals surface area (Å²) in [5, 5.41) is 16.4. The summed E-state index contributed by atoms with van der Waals surface area (Å²) in [6.45, 7) is 9.94. The van der Waals surface area contributed by atoms with Crippen LogP contribution in [0.25, 0.3) is 10.8 Å². The van der Waals surface area contributed by atoms with Crippen molar-refractivity contribution in [2.75, 3.05) is 50.1 Å². The fourth-order valence-electron chi connectivity index (χ4n) is 6.34. The Morgan fingerprint density at radius 1 is 1.24 bits per heavy atom. The van der Waals surface area contributed by atoms with E-state index in [2.05, 4.69) is 78.1 Å². The molecule has 0 aliphatic carbocycles. The van der Waals surface area contributed by atoms with Crippen LogP contribution in [0.4, 0.5) is 11.4 Å². The van der Waals surface area contributed by atoms with E-state index in [4.69, 9.17) is 9.72 Å². The molecule has 3 aliphatic rings. The highest BCUT2D eigenvalue weighted by Crippen LogP contribution is 2.38. The molecule has 0 radical (unpaired) electrons. The highest BCUT2D eigenvalue weighted by atomic mass is 16.5. The number of likely N-dealkylation sites (N-methyl/N-ethyl adjacent to an activating group) is 1. The van der Waals surface area contributed by atoms with Crippen molar-refractivity contribution in [3.05, 3.63) is 71.4 Å². The van der Waals surface area contributed by atoms with Crippen LogP contribution in [0.2, 0.25) is 0 Å². The van der Waals surface area contributed by atoms with Gasteiger partial charge in [0.2, 0.25) is 11.8 Å². The zero-order valence-corrected chi connectivity index (χ0v) is 23.3. The van der Waals surface area contributed by atoms with Crippen LogP contribution in [-0.4, -0.2) is 72.6 Å². The van der Waals surface area contributed by atoms with Crippen molar-refractivity contribution in [1.29, 1.82) is 5.26 Å². The van der Waals surface area contributed by atoms with E-state index in [1.807, 2.05) is 0 Å². The van der Waals surface area contributed by atoms with Gasteiger partial charge >= 0.3 is 0 Å². The quantitative estimate of drug-likeness (QED) is 0.418. The van der Waals surface area contributed by atoms with Crippen molar-refractivity contribution < 1.29 is 9.53 Å². The van der Waals surface area contributed by atoms with Crippen molar-refractivity contribution in [2.45, 2.75) is 52.2 Å². The van der Waals surface area contributed by atoms with Crippen molar-refractivity contribution in [2.24, 2.45) is 0 Å². The predicted molar refractivity (Wildman–Crippen MR) is 164 cm³/mol. The van der Waals surface area contributed by atoms with E-state index in [0.29, 0.717) is 43.7 Å². The number of aromatic nitrogens is 1. The topological polar surface area (TPSA) is 84.7 Å². The number of likely N-dealkylation sites (tertiary alicyclic amines) is 2. The molecule has 4 heterocycles. The maximum atomic E-state index is 12.0. The molecule has 2 aromatic carbocycles. The molecule has 0 bridgehead atoms. The maximum absolute atomic E-state index is 12.0. The second-order valence-corrected chi connectivity index (χ2v) is 11.2. The molecular formula is C33H40N6O2. The van der Waals surface area contributed by atoms with Crippen LogP contribution >= 0.6 is 0 Å². The van der Waals surface area contributed by atoms with E-state index in [-0.39, 0.29) is 19.4 Å². The van der Waals surface area contributed by atoms with Gasteiger partial charge in [-0.15, -0.1) is 0 Å². The summed E-state index contributed by atoms with van der Waals surface area (Å²) in [6, 6.07) is 15.7. The molecule has 1 aromatic heterocycles. The number of pyridine rings is 1. The van der Waals surface area contributed by atoms with Gasteiger partial charge in [-0.2, -0.15) is 5.26 Å². The minimum absolute atomic E-state index is 0. The fourth-order valence-corrected chi connectivity index (χ4v) is 6.34. The molecule has 1 amide bonds. The van der Waals surface area contributed by atoms with E-state index in [0.717, 1.165) is 49.3 Å². The number of nitriles is 1. The maximum Gasteiger partial charge on any atom is 0.246 e. The van der Waals surface area contributed by atoms with Crippen molar-refractivity contribution in [3.8, 4) is 11.9 Å². The smallest absolute Gasteiger partial charge is 0.246 e. The highest BCUT2D eigenvalue weighted by molar-refractivity contribution is 5.97. The Morgan fingerprint density at radius 3 is 2.73 bits per heavy atom. The van der Waals surface area contributed by atoms with Gasteiger partial charge in [0.05, 0.1) is 24.0 Å². The first kappa shape index (κ1) is 28.4. The van der Waals surface area contributed by atoms with Gasteiger partial charge in [0.1, 0.15) is 18.2 Å². The first-order chi connectivity index (χ1) is 19.5. The molecule has 2 fully saturated rings. The van der Waals surface area contributed by atoms with Gasteiger partial charge in [-0.1, -0.05) is 44.3 Å². The molecule has 2 saturated heterocycles. The molecular weight excluding hydrogens is 512 g/mol. The van der Waals surface area contributed by atoms with Crippen molar-refractivity contribution in [3.63, 3.8) is 0 Å². The number of carbonyl (C=O) groups excluding carboxylic acids is 1. The third kappa shape index (κ3) is 5.34. The number of hydrogen-bond donors (Lipinski definition) is 1. The number of fused-ring (bicyclic) bond motifs is 2. The van der Waals surface area contributed by atoms with Gasteiger partial charge < -0.3 is 24.8 Å². The lowest BCUT2D eigenvalue weighted by atomic mass is 9.96. The summed E-state index contributed by atoms with van der Waals surface area (Å²) in [4.78, 5) is 23.5. The number of carbonyl (C=O) groups is 1. The Hall–Kier alpha value is -4.09. The van der Waals surface area contributed by atoms with Crippen LogP contribution in [0, 0.1) is 18.3 Å². The highest BCUT2D eigenvalue weighted by Gasteiger charge is 2.33. The van der Waals surface area contributed by atoms with Gasteiger partial charge in [-0.25, -0.2) is 4.98 Å². The molecule has 0 saturated carbocycles. The predicted octanol–water partition coefficient (Wildman–Crippen LogP) is 4.90. The third-order valence-electron chi connectivity index (χ3n) is 8.67. The van der Waals surface area contributed by atoms with E-state index in [1.54, 1.807) is 4.90 Å². The van der Waals surface area contributed by atoms with Crippen molar-refractivity contribution >= 4 is 28.1 Å². The Morgan fingerprint density at radius 2 is 2.02 bits per heavy atom. The van der Waals surface area contributed by atoms with Crippen LogP contribution in [-0.2, 0) is 17.8 Å². The normalized spacial score (nSPS) is 18.7. The number of hydrogen-bond acceptors (Lipinski definition) is 7. The molecule has 3 aliphatic heterocycles. The summed E-state index contributed by atoms with van der Waals surface area (Å²) in [5.41, 5.74) is 5.74. The van der Waals surface area contributed by atoms with Crippen LogP contribution in [0.5, 0.6) is 5.88 Å². The molecule has 41 heavy (non-hydrogen) atoms. The molecule has 8 nitrogen and oxygen atoms in total. The standard InChI is InChI=1S/C32H36N6O2.CH4/c1-4-29(39)38-17-23(18-38)34-31-25-13-15-37(28-12-6-10-22-9-5-8-21(2)30(22)28)19-27(25)35-32(26(31)16-33)40-20-24-11-7-14-36(24)3;/h4-6,8-10,12,23-24H,1,7,11,13-15,17-20H2,2-3H3,(H,34,35);1H4/t24-;/m0./s1. The Labute approximate surface area is 243 Å². The SMILES string of the molecule is C.C=CC(=O)N1CC(Nc2c(C#N)c(OC[C@@H]3CCCN3C)nc3c2CCN(c2cccc4cccc(C)c24)C3)C1. The third-order valence-corrected chi connectivity index (χ3v) is 8.67. The second-order valence-electron chi connectivity index (χ2n) is 11.2. The summed E-state index contributed by atoms with van der Waals surface area (Å²) < 4.78 is 6.32. The lowest BCUT2D eigenvalue weighted by Gasteiger charge is -2.40. The van der Waals surface area contributed by atoms with Crippen LogP contribution in [0.15, 0.2) is 49.1 Å². The van der Waals surface area contributed by atoms with Gasteiger partial charge in [0.15, 0.2) is 0 Å². The Kier molecular flexibility index (Phi) is 8.18. The summed E-state index contributed by atoms with van der Waals surface area (Å²) >= 11 is 0. The fraction of sp³-hybridized carbons (Fsp3) is 0.424. The summed E-state index contributed by atoms with van der Waals surface area (Å²) in [5.74, 6) is 0.333. The zero-order valence-electron chi connectivity index (χ0n) is 23.3. The van der Waals surface area contributed by atoms with Gasteiger partial charge in [0, 0.05) is 42.3 Å². The Balaban J connectivity index is 0.00000337. The van der Waals surface area contributed by atoms with Crippen LogP contribution in [0.3, 0.4) is 0 Å². The van der Waals surface area contributed by atoms with Crippen LogP contribution in [0.1, 0.15) is 42.7 Å². The van der Waals surface area contributed by atoms with E-state index >= 15 is 0 Å². The lowest BCUT2D eigenvalue weighted by molar-refractivity contribution is -0.129. The first-order valence-electron chi connectivity index (χ1n) is 14.2.